The molecule has 2 N–H and O–H groups in total. The van der Waals surface area contributed by atoms with Gasteiger partial charge in [0.15, 0.2) is 0 Å². The zero-order valence-corrected chi connectivity index (χ0v) is 15.3. The molecular weight excluding hydrogens is 350 g/mol. The van der Waals surface area contributed by atoms with Gasteiger partial charge in [-0.25, -0.2) is 0 Å². The molecule has 1 aliphatic rings. The predicted molar refractivity (Wildman–Crippen MR) is 91.8 cm³/mol. The summed E-state index contributed by atoms with van der Waals surface area (Å²) >= 11 is 5.54. The summed E-state index contributed by atoms with van der Waals surface area (Å²) in [4.78, 5) is 1.29. The van der Waals surface area contributed by atoms with Gasteiger partial charge < -0.3 is 15.2 Å². The number of aliphatic hydroxyl groups excluding tert-OH is 1. The van der Waals surface area contributed by atoms with Crippen LogP contribution in [0.4, 0.5) is 0 Å². The van der Waals surface area contributed by atoms with Crippen LogP contribution in [-0.2, 0) is 11.3 Å². The normalized spacial score (nSPS) is 17.6. The van der Waals surface area contributed by atoms with Crippen molar-refractivity contribution in [2.45, 2.75) is 37.0 Å². The molecule has 0 aromatic heterocycles. The molecule has 0 radical (unpaired) electrons. The first-order valence-corrected chi connectivity index (χ1v) is 8.82. The first-order valence-electron chi connectivity index (χ1n) is 7.21. The average Bonchev–Trinajstić information content (AvgIpc) is 2.35. The maximum absolute atomic E-state index is 9.45. The van der Waals surface area contributed by atoms with Crippen molar-refractivity contribution >= 4 is 27.7 Å². The lowest BCUT2D eigenvalue weighted by Gasteiger charge is -2.40. The van der Waals surface area contributed by atoms with Gasteiger partial charge in [0, 0.05) is 27.2 Å². The lowest BCUT2D eigenvalue weighted by Crippen LogP contribution is -2.52. The Morgan fingerprint density at radius 3 is 2.62 bits per heavy atom. The van der Waals surface area contributed by atoms with Gasteiger partial charge in [0.2, 0.25) is 0 Å². The zero-order chi connectivity index (χ0) is 15.5. The number of hydrogen-bond acceptors (Lipinski definition) is 4. The highest BCUT2D eigenvalue weighted by Gasteiger charge is 2.37. The molecule has 1 saturated heterocycles. The minimum atomic E-state index is -0.0800. The SMILES string of the molecule is CC(C)(C)Sc1c(Br)cccc1CNCC1(CO)COC1. The number of thioether (sulfide) groups is 1. The van der Waals surface area contributed by atoms with Crippen molar-refractivity contribution < 1.29 is 9.84 Å². The van der Waals surface area contributed by atoms with Crippen LogP contribution in [0.25, 0.3) is 0 Å². The molecule has 1 heterocycles. The zero-order valence-electron chi connectivity index (χ0n) is 12.9. The maximum atomic E-state index is 9.45. The Kier molecular flexibility index (Phi) is 5.77. The van der Waals surface area contributed by atoms with E-state index in [0.29, 0.717) is 13.2 Å². The van der Waals surface area contributed by atoms with E-state index < -0.39 is 0 Å². The van der Waals surface area contributed by atoms with Crippen LogP contribution in [0.5, 0.6) is 0 Å². The van der Waals surface area contributed by atoms with Gasteiger partial charge >= 0.3 is 0 Å². The molecule has 2 rings (SSSR count). The topological polar surface area (TPSA) is 41.5 Å². The number of aliphatic hydroxyl groups is 1. The second-order valence-electron chi connectivity index (χ2n) is 6.70. The van der Waals surface area contributed by atoms with Crippen molar-refractivity contribution in [2.24, 2.45) is 5.41 Å². The van der Waals surface area contributed by atoms with Crippen LogP contribution in [0.1, 0.15) is 26.3 Å². The minimum absolute atomic E-state index is 0.0800. The second kappa shape index (κ2) is 7.01. The van der Waals surface area contributed by atoms with Crippen LogP contribution >= 0.6 is 27.7 Å². The highest BCUT2D eigenvalue weighted by atomic mass is 79.9. The van der Waals surface area contributed by atoms with Gasteiger partial charge in [0.05, 0.1) is 25.2 Å². The number of benzene rings is 1. The molecule has 0 amide bonds. The quantitative estimate of drug-likeness (QED) is 0.749. The molecule has 3 nitrogen and oxygen atoms in total. The highest BCUT2D eigenvalue weighted by Crippen LogP contribution is 2.39. The van der Waals surface area contributed by atoms with Crippen molar-refractivity contribution in [1.82, 2.24) is 5.32 Å². The molecule has 0 atom stereocenters. The van der Waals surface area contributed by atoms with Crippen LogP contribution in [0.2, 0.25) is 0 Å². The largest absolute Gasteiger partial charge is 0.396 e. The molecule has 1 aromatic rings. The van der Waals surface area contributed by atoms with Crippen LogP contribution < -0.4 is 5.32 Å². The molecule has 1 fully saturated rings. The molecule has 118 valence electrons. The van der Waals surface area contributed by atoms with E-state index in [0.717, 1.165) is 17.6 Å². The van der Waals surface area contributed by atoms with Crippen molar-refractivity contribution in [2.75, 3.05) is 26.4 Å². The second-order valence-corrected chi connectivity index (χ2v) is 9.39. The van der Waals surface area contributed by atoms with Crippen molar-refractivity contribution in [3.63, 3.8) is 0 Å². The molecule has 0 unspecified atom stereocenters. The Hall–Kier alpha value is -0.0700. The summed E-state index contributed by atoms with van der Waals surface area (Å²) < 4.78 is 6.55. The molecule has 0 bridgehead atoms. The molecule has 1 aliphatic heterocycles. The van der Waals surface area contributed by atoms with E-state index in [1.165, 1.54) is 10.5 Å². The summed E-state index contributed by atoms with van der Waals surface area (Å²) in [5, 5.41) is 12.9. The van der Waals surface area contributed by atoms with Crippen molar-refractivity contribution in [3.05, 3.63) is 28.2 Å². The van der Waals surface area contributed by atoms with Crippen LogP contribution in [0.15, 0.2) is 27.6 Å². The highest BCUT2D eigenvalue weighted by molar-refractivity contribution is 9.10. The molecule has 21 heavy (non-hydrogen) atoms. The fraction of sp³-hybridized carbons (Fsp3) is 0.625. The molecule has 5 heteroatoms. The van der Waals surface area contributed by atoms with E-state index in [1.54, 1.807) is 0 Å². The van der Waals surface area contributed by atoms with Crippen LogP contribution in [-0.4, -0.2) is 36.2 Å². The van der Waals surface area contributed by atoms with Gasteiger partial charge in [-0.1, -0.05) is 32.9 Å². The summed E-state index contributed by atoms with van der Waals surface area (Å²) in [6.07, 6.45) is 0. The average molecular weight is 374 g/mol. The summed E-state index contributed by atoms with van der Waals surface area (Å²) in [5.74, 6) is 0. The molecule has 1 aromatic carbocycles. The molecule has 0 saturated carbocycles. The summed E-state index contributed by atoms with van der Waals surface area (Å²) in [6.45, 7) is 9.75. The fourth-order valence-electron chi connectivity index (χ4n) is 2.22. The lowest BCUT2D eigenvalue weighted by atomic mass is 9.87. The predicted octanol–water partition coefficient (Wildman–Crippen LogP) is 3.44. The van der Waals surface area contributed by atoms with Gasteiger partial charge in [-0.05, 0) is 27.6 Å². The smallest absolute Gasteiger partial charge is 0.0579 e. The number of rotatable bonds is 6. The van der Waals surface area contributed by atoms with E-state index >= 15 is 0 Å². The van der Waals surface area contributed by atoms with Gasteiger partial charge in [-0.2, -0.15) is 0 Å². The number of halogens is 1. The van der Waals surface area contributed by atoms with E-state index in [2.05, 4.69) is 60.2 Å². The Morgan fingerprint density at radius 2 is 2.10 bits per heavy atom. The maximum Gasteiger partial charge on any atom is 0.0579 e. The van der Waals surface area contributed by atoms with Crippen LogP contribution in [0, 0.1) is 5.41 Å². The summed E-state index contributed by atoms with van der Waals surface area (Å²) in [6, 6.07) is 6.32. The first-order chi connectivity index (χ1) is 9.85. The van der Waals surface area contributed by atoms with E-state index in [4.69, 9.17) is 4.74 Å². The Morgan fingerprint density at radius 1 is 1.38 bits per heavy atom. The monoisotopic (exact) mass is 373 g/mol. The lowest BCUT2D eigenvalue weighted by molar-refractivity contribution is -0.134. The minimum Gasteiger partial charge on any atom is -0.396 e. The third-order valence-corrected chi connectivity index (χ3v) is 5.65. The standard InChI is InChI=1S/C16H24BrNO2S/c1-15(2,3)21-14-12(5-4-6-13(14)17)7-18-8-16(9-19)10-20-11-16/h4-6,18-19H,7-11H2,1-3H3. The fourth-order valence-corrected chi connectivity index (χ4v) is 3.91. The van der Waals surface area contributed by atoms with Gasteiger partial charge in [0.1, 0.15) is 0 Å². The summed E-state index contributed by atoms with van der Waals surface area (Å²) in [7, 11) is 0. The van der Waals surface area contributed by atoms with E-state index in [9.17, 15) is 5.11 Å². The van der Waals surface area contributed by atoms with Gasteiger partial charge in [-0.3, -0.25) is 0 Å². The Labute approximate surface area is 140 Å². The van der Waals surface area contributed by atoms with Crippen molar-refractivity contribution in [3.8, 4) is 0 Å². The number of hydrogen-bond donors (Lipinski definition) is 2. The molecule has 0 aliphatic carbocycles. The Bertz CT molecular complexity index is 478. The molecular formula is C16H24BrNO2S. The van der Waals surface area contributed by atoms with E-state index in [1.807, 2.05) is 11.8 Å². The third kappa shape index (κ3) is 4.70. The van der Waals surface area contributed by atoms with E-state index in [-0.39, 0.29) is 16.8 Å². The Balaban J connectivity index is 2.01. The first kappa shape index (κ1) is 17.3. The van der Waals surface area contributed by atoms with Gasteiger partial charge in [-0.15, -0.1) is 11.8 Å². The number of nitrogens with one attached hydrogen (secondary N) is 1. The van der Waals surface area contributed by atoms with Crippen molar-refractivity contribution in [1.29, 1.82) is 0 Å². The van der Waals surface area contributed by atoms with Crippen LogP contribution in [0.3, 0.4) is 0 Å². The third-order valence-electron chi connectivity index (χ3n) is 3.42. The number of ether oxygens (including phenoxy) is 1. The summed E-state index contributed by atoms with van der Waals surface area (Å²) in [5.41, 5.74) is 1.21. The molecule has 0 spiro atoms. The van der Waals surface area contributed by atoms with Gasteiger partial charge in [0.25, 0.3) is 0 Å².